The van der Waals surface area contributed by atoms with Crippen molar-refractivity contribution in [2.75, 3.05) is 12.3 Å². The van der Waals surface area contributed by atoms with Crippen molar-refractivity contribution in [2.45, 2.75) is 32.2 Å². The van der Waals surface area contributed by atoms with E-state index in [4.69, 9.17) is 0 Å². The van der Waals surface area contributed by atoms with Crippen molar-refractivity contribution >= 4 is 18.5 Å². The predicted octanol–water partition coefficient (Wildman–Crippen LogP) is 1.32. The van der Waals surface area contributed by atoms with Crippen LogP contribution in [0.15, 0.2) is 0 Å². The average Bonchev–Trinajstić information content (AvgIpc) is 2.73. The second-order valence-electron chi connectivity index (χ2n) is 2.88. The first-order chi connectivity index (χ1) is 5.29. The van der Waals surface area contributed by atoms with Gasteiger partial charge in [0.1, 0.15) is 0 Å². The van der Waals surface area contributed by atoms with Crippen LogP contribution in [0.25, 0.3) is 0 Å². The lowest BCUT2D eigenvalue weighted by atomic mass is 10.3. The summed E-state index contributed by atoms with van der Waals surface area (Å²) in [6.07, 6.45) is 2.99. The Balaban J connectivity index is 2.33. The lowest BCUT2D eigenvalue weighted by Crippen LogP contribution is -2.32. The zero-order chi connectivity index (χ0) is 8.27. The van der Waals surface area contributed by atoms with E-state index in [-0.39, 0.29) is 5.91 Å². The lowest BCUT2D eigenvalue weighted by molar-refractivity contribution is -0.131. The first kappa shape index (κ1) is 8.91. The normalized spacial score (nSPS) is 16.5. The third-order valence-corrected chi connectivity index (χ3v) is 2.20. The molecule has 0 N–H and O–H groups in total. The van der Waals surface area contributed by atoms with Gasteiger partial charge in [0, 0.05) is 19.0 Å². The zero-order valence-electron chi connectivity index (χ0n) is 6.92. The molecule has 2 nitrogen and oxygen atoms in total. The fraction of sp³-hybridized carbons (Fsp3) is 0.875. The second-order valence-corrected chi connectivity index (χ2v) is 3.33. The zero-order valence-corrected chi connectivity index (χ0v) is 7.81. The molecule has 0 saturated heterocycles. The predicted molar refractivity (Wildman–Crippen MR) is 48.9 cm³/mol. The summed E-state index contributed by atoms with van der Waals surface area (Å²) in [6, 6.07) is 0.562. The first-order valence-electron chi connectivity index (χ1n) is 4.20. The van der Waals surface area contributed by atoms with Crippen LogP contribution in [0.4, 0.5) is 0 Å². The van der Waals surface area contributed by atoms with Crippen molar-refractivity contribution in [1.82, 2.24) is 4.90 Å². The third-order valence-electron chi connectivity index (χ3n) is 1.97. The van der Waals surface area contributed by atoms with Crippen LogP contribution in [0.3, 0.4) is 0 Å². The quantitative estimate of drug-likeness (QED) is 0.636. The minimum Gasteiger partial charge on any atom is -0.340 e. The smallest absolute Gasteiger partial charge is 0.223 e. The number of carbonyl (C=O) groups excluding carboxylic acids is 1. The highest BCUT2D eigenvalue weighted by atomic mass is 32.1. The van der Waals surface area contributed by atoms with Gasteiger partial charge in [-0.3, -0.25) is 4.79 Å². The molecule has 0 spiro atoms. The molecule has 0 aromatic rings. The van der Waals surface area contributed by atoms with Crippen LogP contribution in [0.1, 0.15) is 26.2 Å². The summed E-state index contributed by atoms with van der Waals surface area (Å²) < 4.78 is 0. The van der Waals surface area contributed by atoms with E-state index in [2.05, 4.69) is 12.6 Å². The first-order valence-corrected chi connectivity index (χ1v) is 4.83. The molecule has 64 valence electrons. The maximum atomic E-state index is 11.3. The number of hydrogen-bond acceptors (Lipinski definition) is 2. The maximum Gasteiger partial charge on any atom is 0.223 e. The van der Waals surface area contributed by atoms with Gasteiger partial charge in [-0.15, -0.1) is 0 Å². The van der Waals surface area contributed by atoms with Crippen molar-refractivity contribution in [3.8, 4) is 0 Å². The topological polar surface area (TPSA) is 20.3 Å². The Kier molecular flexibility index (Phi) is 3.24. The lowest BCUT2D eigenvalue weighted by Gasteiger charge is -2.19. The van der Waals surface area contributed by atoms with Gasteiger partial charge < -0.3 is 4.90 Å². The van der Waals surface area contributed by atoms with Crippen molar-refractivity contribution in [2.24, 2.45) is 0 Å². The van der Waals surface area contributed by atoms with Crippen LogP contribution in [0, 0.1) is 0 Å². The second kappa shape index (κ2) is 4.00. The van der Waals surface area contributed by atoms with Crippen LogP contribution < -0.4 is 0 Å². The van der Waals surface area contributed by atoms with Gasteiger partial charge in [0.2, 0.25) is 5.91 Å². The molecule has 0 bridgehead atoms. The van der Waals surface area contributed by atoms with E-state index >= 15 is 0 Å². The minimum atomic E-state index is 0.269. The number of nitrogens with zero attached hydrogens (tertiary/aromatic N) is 1. The molecule has 1 aliphatic carbocycles. The Morgan fingerprint density at radius 3 is 2.64 bits per heavy atom. The van der Waals surface area contributed by atoms with E-state index < -0.39 is 0 Å². The molecule has 0 aliphatic heterocycles. The number of amides is 1. The molecule has 1 aliphatic rings. The molecule has 11 heavy (non-hydrogen) atoms. The molecule has 1 fully saturated rings. The van der Waals surface area contributed by atoms with E-state index in [0.29, 0.717) is 18.2 Å². The Labute approximate surface area is 73.4 Å². The Hall–Kier alpha value is -0.180. The number of thiol groups is 1. The molecule has 3 heteroatoms. The van der Waals surface area contributed by atoms with Crippen molar-refractivity contribution < 1.29 is 4.79 Å². The van der Waals surface area contributed by atoms with Crippen molar-refractivity contribution in [3.63, 3.8) is 0 Å². The summed E-state index contributed by atoms with van der Waals surface area (Å²) in [4.78, 5) is 13.3. The Morgan fingerprint density at radius 2 is 2.27 bits per heavy atom. The number of hydrogen-bond donors (Lipinski definition) is 1. The molecular weight excluding hydrogens is 158 g/mol. The van der Waals surface area contributed by atoms with Crippen molar-refractivity contribution in [1.29, 1.82) is 0 Å². The summed E-state index contributed by atoms with van der Waals surface area (Å²) in [5.74, 6) is 0.937. The fourth-order valence-corrected chi connectivity index (χ4v) is 1.45. The molecular formula is C8H15NOS. The number of carbonyl (C=O) groups is 1. The monoisotopic (exact) mass is 173 g/mol. The van der Waals surface area contributed by atoms with E-state index in [1.54, 1.807) is 0 Å². The van der Waals surface area contributed by atoms with Crippen LogP contribution >= 0.6 is 12.6 Å². The molecule has 1 amide bonds. The van der Waals surface area contributed by atoms with Crippen LogP contribution in [0.2, 0.25) is 0 Å². The average molecular weight is 173 g/mol. The maximum absolute atomic E-state index is 11.3. The molecule has 0 aromatic heterocycles. The van der Waals surface area contributed by atoms with Gasteiger partial charge >= 0.3 is 0 Å². The standard InChI is InChI=1S/C8H15NOS/c1-2-9(7-3-4-7)8(10)5-6-11/h7,11H,2-6H2,1H3. The summed E-state index contributed by atoms with van der Waals surface area (Å²) in [5.41, 5.74) is 0. The molecule has 0 unspecified atom stereocenters. The van der Waals surface area contributed by atoms with Crippen LogP contribution in [0.5, 0.6) is 0 Å². The van der Waals surface area contributed by atoms with Crippen LogP contribution in [-0.2, 0) is 4.79 Å². The van der Waals surface area contributed by atoms with Gasteiger partial charge in [-0.05, 0) is 25.5 Å². The van der Waals surface area contributed by atoms with Gasteiger partial charge in [-0.25, -0.2) is 0 Å². The van der Waals surface area contributed by atoms with Gasteiger partial charge in [-0.1, -0.05) is 0 Å². The van der Waals surface area contributed by atoms with Gasteiger partial charge in [0.15, 0.2) is 0 Å². The highest BCUT2D eigenvalue weighted by Crippen LogP contribution is 2.26. The largest absolute Gasteiger partial charge is 0.340 e. The Morgan fingerprint density at radius 1 is 1.64 bits per heavy atom. The SMILES string of the molecule is CCN(C(=O)CCS)C1CC1. The molecule has 1 rings (SSSR count). The molecule has 0 aromatic carbocycles. The minimum absolute atomic E-state index is 0.269. The summed E-state index contributed by atoms with van der Waals surface area (Å²) in [6.45, 7) is 2.89. The summed E-state index contributed by atoms with van der Waals surface area (Å²) >= 11 is 4.03. The van der Waals surface area contributed by atoms with E-state index in [0.717, 1.165) is 6.54 Å². The fourth-order valence-electron chi connectivity index (χ4n) is 1.26. The molecule has 0 atom stereocenters. The third kappa shape index (κ3) is 2.40. The van der Waals surface area contributed by atoms with Crippen molar-refractivity contribution in [3.05, 3.63) is 0 Å². The van der Waals surface area contributed by atoms with Gasteiger partial charge in [0.05, 0.1) is 0 Å². The highest BCUT2D eigenvalue weighted by Gasteiger charge is 2.30. The highest BCUT2D eigenvalue weighted by molar-refractivity contribution is 7.80. The summed E-state index contributed by atoms with van der Waals surface area (Å²) in [5, 5.41) is 0. The van der Waals surface area contributed by atoms with E-state index in [1.807, 2.05) is 11.8 Å². The summed E-state index contributed by atoms with van der Waals surface area (Å²) in [7, 11) is 0. The van der Waals surface area contributed by atoms with Gasteiger partial charge in [0.25, 0.3) is 0 Å². The number of rotatable bonds is 4. The van der Waals surface area contributed by atoms with Crippen LogP contribution in [-0.4, -0.2) is 29.1 Å². The molecule has 1 saturated carbocycles. The van der Waals surface area contributed by atoms with E-state index in [9.17, 15) is 4.79 Å². The van der Waals surface area contributed by atoms with E-state index in [1.165, 1.54) is 12.8 Å². The Bertz CT molecular complexity index is 145. The van der Waals surface area contributed by atoms with Gasteiger partial charge in [-0.2, -0.15) is 12.6 Å². The molecule has 0 heterocycles. The molecule has 0 radical (unpaired) electrons.